The Bertz CT molecular complexity index is 732. The summed E-state index contributed by atoms with van der Waals surface area (Å²) in [6.45, 7) is 4.65. The summed E-state index contributed by atoms with van der Waals surface area (Å²) in [7, 11) is 0. The minimum Gasteiger partial charge on any atom is -0.325 e. The predicted octanol–water partition coefficient (Wildman–Crippen LogP) is 3.24. The lowest BCUT2D eigenvalue weighted by Gasteiger charge is -2.34. The first kappa shape index (κ1) is 17.9. The Morgan fingerprint density at radius 3 is 2.48 bits per heavy atom. The summed E-state index contributed by atoms with van der Waals surface area (Å²) < 4.78 is 13.1. The zero-order valence-electron chi connectivity index (χ0n) is 13.9. The third-order valence-corrected chi connectivity index (χ3v) is 4.47. The molecule has 0 atom stereocenters. The quantitative estimate of drug-likeness (QED) is 0.888. The highest BCUT2D eigenvalue weighted by atomic mass is 35.5. The van der Waals surface area contributed by atoms with E-state index >= 15 is 0 Å². The number of amides is 1. The number of benzene rings is 2. The van der Waals surface area contributed by atoms with E-state index in [1.807, 2.05) is 18.2 Å². The molecule has 0 radical (unpaired) electrons. The topological polar surface area (TPSA) is 35.6 Å². The zero-order valence-corrected chi connectivity index (χ0v) is 14.7. The lowest BCUT2D eigenvalue weighted by Crippen LogP contribution is -2.48. The van der Waals surface area contributed by atoms with Crippen molar-refractivity contribution in [1.29, 1.82) is 0 Å². The Balaban J connectivity index is 1.43. The highest BCUT2D eigenvalue weighted by Gasteiger charge is 2.19. The molecule has 1 saturated heterocycles. The van der Waals surface area contributed by atoms with Gasteiger partial charge in [-0.2, -0.15) is 0 Å². The number of carbonyl (C=O) groups excluding carboxylic acids is 1. The molecular weight excluding hydrogens is 341 g/mol. The summed E-state index contributed by atoms with van der Waals surface area (Å²) >= 11 is 6.02. The number of rotatable bonds is 5. The van der Waals surface area contributed by atoms with E-state index in [-0.39, 0.29) is 11.7 Å². The van der Waals surface area contributed by atoms with E-state index in [1.165, 1.54) is 17.7 Å². The Morgan fingerprint density at radius 2 is 1.76 bits per heavy atom. The first-order valence-corrected chi connectivity index (χ1v) is 8.71. The molecule has 132 valence electrons. The first-order chi connectivity index (χ1) is 12.1. The van der Waals surface area contributed by atoms with Crippen LogP contribution in [0.3, 0.4) is 0 Å². The van der Waals surface area contributed by atoms with E-state index in [0.29, 0.717) is 12.2 Å². The largest absolute Gasteiger partial charge is 0.325 e. The van der Waals surface area contributed by atoms with E-state index < -0.39 is 0 Å². The van der Waals surface area contributed by atoms with Gasteiger partial charge in [-0.15, -0.1) is 0 Å². The van der Waals surface area contributed by atoms with Gasteiger partial charge in [-0.05, 0) is 35.9 Å². The molecule has 2 aromatic rings. The minimum atomic E-state index is -0.354. The molecule has 0 spiro atoms. The molecule has 0 aromatic heterocycles. The van der Waals surface area contributed by atoms with Crippen molar-refractivity contribution in [3.05, 3.63) is 64.9 Å². The van der Waals surface area contributed by atoms with Gasteiger partial charge >= 0.3 is 0 Å². The second-order valence-corrected chi connectivity index (χ2v) is 6.68. The van der Waals surface area contributed by atoms with Gasteiger partial charge < -0.3 is 5.32 Å². The van der Waals surface area contributed by atoms with Crippen LogP contribution in [-0.4, -0.2) is 48.4 Å². The van der Waals surface area contributed by atoms with Crippen LogP contribution in [0, 0.1) is 5.82 Å². The fourth-order valence-corrected chi connectivity index (χ4v) is 3.18. The summed E-state index contributed by atoms with van der Waals surface area (Å²) in [4.78, 5) is 16.6. The fraction of sp³-hybridized carbons (Fsp3) is 0.316. The fourth-order valence-electron chi connectivity index (χ4n) is 2.97. The lowest BCUT2D eigenvalue weighted by molar-refractivity contribution is -0.117. The van der Waals surface area contributed by atoms with Gasteiger partial charge in [-0.25, -0.2) is 4.39 Å². The number of piperazine rings is 1. The molecule has 0 aliphatic carbocycles. The van der Waals surface area contributed by atoms with Gasteiger partial charge in [-0.1, -0.05) is 29.8 Å². The number of nitrogens with one attached hydrogen (secondary N) is 1. The molecule has 1 aliphatic heterocycles. The van der Waals surface area contributed by atoms with Crippen LogP contribution in [0.15, 0.2) is 48.5 Å². The predicted molar refractivity (Wildman–Crippen MR) is 98.2 cm³/mol. The molecule has 4 nitrogen and oxygen atoms in total. The van der Waals surface area contributed by atoms with Crippen LogP contribution in [0.2, 0.25) is 5.02 Å². The number of hydrogen-bond acceptors (Lipinski definition) is 3. The summed E-state index contributed by atoms with van der Waals surface area (Å²) in [5, 5.41) is 3.49. The van der Waals surface area contributed by atoms with E-state index in [1.54, 1.807) is 12.1 Å². The van der Waals surface area contributed by atoms with Gasteiger partial charge in [-0.3, -0.25) is 14.6 Å². The molecule has 0 unspecified atom stereocenters. The molecule has 3 rings (SSSR count). The van der Waals surface area contributed by atoms with Crippen molar-refractivity contribution >= 4 is 23.2 Å². The first-order valence-electron chi connectivity index (χ1n) is 8.33. The highest BCUT2D eigenvalue weighted by molar-refractivity contribution is 6.30. The molecule has 0 saturated carbocycles. The standard InChI is InChI=1S/C19H21ClFN3O/c20-16-4-1-3-15(11-16)13-23-7-9-24(10-8-23)14-19(25)22-18-6-2-5-17(21)12-18/h1-6,11-12H,7-10,13-14H2,(H,22,25). The average molecular weight is 362 g/mol. The van der Waals surface area contributed by atoms with Crippen molar-refractivity contribution in [3.63, 3.8) is 0 Å². The maximum atomic E-state index is 13.1. The molecule has 1 N–H and O–H groups in total. The van der Waals surface area contributed by atoms with Crippen LogP contribution in [-0.2, 0) is 11.3 Å². The van der Waals surface area contributed by atoms with E-state index in [0.717, 1.165) is 37.7 Å². The monoisotopic (exact) mass is 361 g/mol. The molecule has 2 aromatic carbocycles. The summed E-state index contributed by atoms with van der Waals surface area (Å²) in [6.07, 6.45) is 0. The van der Waals surface area contributed by atoms with Crippen molar-refractivity contribution in [3.8, 4) is 0 Å². The SMILES string of the molecule is O=C(CN1CCN(Cc2cccc(Cl)c2)CC1)Nc1cccc(F)c1. The third-order valence-electron chi connectivity index (χ3n) is 4.24. The van der Waals surface area contributed by atoms with E-state index in [4.69, 9.17) is 11.6 Å². The van der Waals surface area contributed by atoms with Crippen LogP contribution >= 0.6 is 11.6 Å². The second-order valence-electron chi connectivity index (χ2n) is 6.24. The summed E-state index contributed by atoms with van der Waals surface area (Å²) in [5.41, 5.74) is 1.69. The maximum absolute atomic E-state index is 13.1. The van der Waals surface area contributed by atoms with Crippen LogP contribution < -0.4 is 5.32 Å². The second kappa shape index (κ2) is 8.43. The molecule has 1 heterocycles. The van der Waals surface area contributed by atoms with Crippen molar-refractivity contribution in [2.45, 2.75) is 6.54 Å². The molecule has 0 bridgehead atoms. The zero-order chi connectivity index (χ0) is 17.6. The minimum absolute atomic E-state index is 0.117. The maximum Gasteiger partial charge on any atom is 0.238 e. The number of hydrogen-bond donors (Lipinski definition) is 1. The average Bonchev–Trinajstić information content (AvgIpc) is 2.57. The normalized spacial score (nSPS) is 15.9. The van der Waals surface area contributed by atoms with Crippen LogP contribution in [0.25, 0.3) is 0 Å². The highest BCUT2D eigenvalue weighted by Crippen LogP contribution is 2.14. The molecule has 1 fully saturated rings. The summed E-state index contributed by atoms with van der Waals surface area (Å²) in [5.74, 6) is -0.471. The van der Waals surface area contributed by atoms with Crippen LogP contribution in [0.4, 0.5) is 10.1 Å². The van der Waals surface area contributed by atoms with E-state index in [9.17, 15) is 9.18 Å². The molecule has 1 aliphatic rings. The van der Waals surface area contributed by atoms with Crippen molar-refractivity contribution in [2.75, 3.05) is 38.0 Å². The molecule has 25 heavy (non-hydrogen) atoms. The number of anilines is 1. The van der Waals surface area contributed by atoms with Crippen LogP contribution in [0.5, 0.6) is 0 Å². The van der Waals surface area contributed by atoms with Crippen molar-refractivity contribution < 1.29 is 9.18 Å². The Kier molecular flexibility index (Phi) is 6.02. The van der Waals surface area contributed by atoms with E-state index in [2.05, 4.69) is 21.2 Å². The summed E-state index contributed by atoms with van der Waals surface area (Å²) in [6, 6.07) is 13.8. The lowest BCUT2D eigenvalue weighted by atomic mass is 10.2. The smallest absolute Gasteiger partial charge is 0.238 e. The molecule has 6 heteroatoms. The van der Waals surface area contributed by atoms with Crippen molar-refractivity contribution in [1.82, 2.24) is 9.80 Å². The number of nitrogens with zero attached hydrogens (tertiary/aromatic N) is 2. The molecule has 1 amide bonds. The van der Waals surface area contributed by atoms with Gasteiger partial charge in [0.05, 0.1) is 6.54 Å². The van der Waals surface area contributed by atoms with Crippen molar-refractivity contribution in [2.24, 2.45) is 0 Å². The Hall–Kier alpha value is -1.95. The number of carbonyl (C=O) groups is 1. The molecular formula is C19H21ClFN3O. The Labute approximate surface area is 152 Å². The van der Waals surface area contributed by atoms with Gasteiger partial charge in [0.2, 0.25) is 5.91 Å². The van der Waals surface area contributed by atoms with Gasteiger partial charge in [0.15, 0.2) is 0 Å². The van der Waals surface area contributed by atoms with Gasteiger partial charge in [0.25, 0.3) is 0 Å². The third kappa shape index (κ3) is 5.53. The number of halogens is 2. The Morgan fingerprint density at radius 1 is 1.04 bits per heavy atom. The van der Waals surface area contributed by atoms with Gasteiger partial charge in [0, 0.05) is 43.4 Å². The van der Waals surface area contributed by atoms with Crippen LogP contribution in [0.1, 0.15) is 5.56 Å². The van der Waals surface area contributed by atoms with Gasteiger partial charge in [0.1, 0.15) is 5.82 Å².